The molecule has 0 aliphatic carbocycles. The number of nitrogens with zero attached hydrogens (tertiary/aromatic N) is 4. The number of nitrogen functional groups attached to an aromatic ring is 1. The third kappa shape index (κ3) is 3.75. The number of aromatic hydroxyl groups is 2. The molecule has 5 aromatic rings. The van der Waals surface area contributed by atoms with Gasteiger partial charge in [0.1, 0.15) is 16.9 Å². The highest BCUT2D eigenvalue weighted by molar-refractivity contribution is 6.16. The van der Waals surface area contributed by atoms with Crippen molar-refractivity contribution in [1.82, 2.24) is 14.6 Å². The van der Waals surface area contributed by atoms with Crippen LogP contribution in [0.25, 0.3) is 22.2 Å². The number of hydrogen-bond acceptors (Lipinski definition) is 7. The number of anilines is 2. The van der Waals surface area contributed by atoms with Crippen LogP contribution in [-0.4, -0.2) is 37.0 Å². The fourth-order valence-corrected chi connectivity index (χ4v) is 3.56. The minimum atomic E-state index is -0.438. The number of nitrogens with two attached hydrogens (primary N) is 1. The molecule has 5 N–H and O–H groups in total. The van der Waals surface area contributed by atoms with Gasteiger partial charge in [-0.1, -0.05) is 29.8 Å². The number of para-hydroxylation sites is 2. The van der Waals surface area contributed by atoms with E-state index in [1.165, 1.54) is 23.0 Å². The Morgan fingerprint density at radius 2 is 1.71 bits per heavy atom. The zero-order valence-electron chi connectivity index (χ0n) is 18.1. The van der Waals surface area contributed by atoms with Crippen LogP contribution in [0.15, 0.2) is 71.8 Å². The molecule has 9 nitrogen and oxygen atoms in total. The van der Waals surface area contributed by atoms with E-state index >= 15 is 0 Å². The molecule has 34 heavy (non-hydrogen) atoms. The lowest BCUT2D eigenvalue weighted by atomic mass is 10.2. The molecule has 5 rings (SSSR count). The maximum absolute atomic E-state index is 13.3. The number of amides is 1. The van der Waals surface area contributed by atoms with Crippen molar-refractivity contribution in [3.63, 3.8) is 0 Å². The van der Waals surface area contributed by atoms with Gasteiger partial charge < -0.3 is 21.3 Å². The number of aromatic nitrogens is 3. The Morgan fingerprint density at radius 3 is 2.41 bits per heavy atom. The fraction of sp³-hybridized carbons (Fsp3) is 0.0400. The smallest absolute Gasteiger partial charge is 0.261 e. The van der Waals surface area contributed by atoms with Gasteiger partial charge in [-0.15, -0.1) is 0 Å². The molecule has 0 bridgehead atoms. The Bertz CT molecular complexity index is 1590. The molecule has 9 heteroatoms. The Balaban J connectivity index is 1.65. The van der Waals surface area contributed by atoms with Crippen molar-refractivity contribution in [2.24, 2.45) is 5.10 Å². The van der Waals surface area contributed by atoms with E-state index in [1.807, 2.05) is 37.3 Å². The molecule has 0 radical (unpaired) electrons. The first-order chi connectivity index (χ1) is 16.4. The average Bonchev–Trinajstić information content (AvgIpc) is 3.10. The van der Waals surface area contributed by atoms with Crippen LogP contribution in [0.1, 0.15) is 21.5 Å². The number of carbonyl (C=O) groups excluding carboxylic acids is 1. The van der Waals surface area contributed by atoms with Gasteiger partial charge in [0, 0.05) is 5.69 Å². The molecule has 2 heterocycles. The Labute approximate surface area is 193 Å². The topological polar surface area (TPSA) is 139 Å². The molecule has 2 aromatic heterocycles. The van der Waals surface area contributed by atoms with Crippen LogP contribution < -0.4 is 11.1 Å². The molecular formula is C25H20N6O3. The second-order valence-electron chi connectivity index (χ2n) is 7.77. The van der Waals surface area contributed by atoms with Gasteiger partial charge in [0.15, 0.2) is 17.1 Å². The largest absolute Gasteiger partial charge is 0.504 e. The summed E-state index contributed by atoms with van der Waals surface area (Å²) in [6.45, 7) is 1.96. The average molecular weight is 452 g/mol. The number of aryl methyl sites for hydroxylation is 1. The van der Waals surface area contributed by atoms with Crippen molar-refractivity contribution < 1.29 is 15.0 Å². The van der Waals surface area contributed by atoms with Gasteiger partial charge in [-0.05, 0) is 55.0 Å². The van der Waals surface area contributed by atoms with Crippen molar-refractivity contribution in [3.05, 3.63) is 83.4 Å². The number of carbonyl (C=O) groups is 1. The summed E-state index contributed by atoms with van der Waals surface area (Å²) in [4.78, 5) is 22.5. The first-order valence-electron chi connectivity index (χ1n) is 10.4. The van der Waals surface area contributed by atoms with E-state index in [0.717, 1.165) is 5.56 Å². The number of rotatable bonds is 4. The molecule has 0 unspecified atom stereocenters. The summed E-state index contributed by atoms with van der Waals surface area (Å²) in [5.74, 6) is -0.893. The molecule has 3 aromatic carbocycles. The van der Waals surface area contributed by atoms with Gasteiger partial charge in [0.05, 0.1) is 17.2 Å². The van der Waals surface area contributed by atoms with Crippen LogP contribution in [0, 0.1) is 6.92 Å². The molecule has 0 aliphatic heterocycles. The quantitative estimate of drug-likeness (QED) is 0.240. The molecule has 0 saturated carbocycles. The molecule has 0 atom stereocenters. The van der Waals surface area contributed by atoms with Gasteiger partial charge in [0.25, 0.3) is 5.91 Å². The summed E-state index contributed by atoms with van der Waals surface area (Å²) < 4.78 is 1.34. The summed E-state index contributed by atoms with van der Waals surface area (Å²) >= 11 is 0. The van der Waals surface area contributed by atoms with E-state index in [1.54, 1.807) is 24.3 Å². The van der Waals surface area contributed by atoms with Gasteiger partial charge in [0.2, 0.25) is 0 Å². The van der Waals surface area contributed by atoms with Crippen molar-refractivity contribution in [1.29, 1.82) is 0 Å². The van der Waals surface area contributed by atoms with Crippen LogP contribution >= 0.6 is 0 Å². The molecule has 168 valence electrons. The van der Waals surface area contributed by atoms with E-state index in [2.05, 4.69) is 20.4 Å². The number of benzene rings is 3. The molecule has 0 aliphatic rings. The predicted molar refractivity (Wildman–Crippen MR) is 131 cm³/mol. The van der Waals surface area contributed by atoms with Gasteiger partial charge >= 0.3 is 0 Å². The Hall–Kier alpha value is -4.92. The standard InChI is InChI=1S/C25H20N6O3/c1-14-6-9-16(10-7-14)28-25(34)21-22-24(30-18-5-3-2-4-17(18)29-22)31(23(21)26)27-13-15-8-11-19(32)20(33)12-15/h2-13,32-33H,26H2,1H3,(H,28,34)/b27-13+. The minimum Gasteiger partial charge on any atom is -0.504 e. The predicted octanol–water partition coefficient (Wildman–Crippen LogP) is 4.02. The number of fused-ring (bicyclic) bond motifs is 2. The summed E-state index contributed by atoms with van der Waals surface area (Å²) in [5, 5.41) is 26.5. The fourth-order valence-electron chi connectivity index (χ4n) is 3.56. The molecule has 0 spiro atoms. The SMILES string of the molecule is Cc1ccc(NC(=O)c2c(N)n(/N=C/c3ccc(O)c(O)c3)c3nc4ccccc4nc23)cc1. The van der Waals surface area contributed by atoms with E-state index < -0.39 is 5.91 Å². The van der Waals surface area contributed by atoms with Crippen molar-refractivity contribution in [2.75, 3.05) is 11.1 Å². The van der Waals surface area contributed by atoms with Crippen LogP contribution in [0.2, 0.25) is 0 Å². The summed E-state index contributed by atoms with van der Waals surface area (Å²) in [5.41, 5.74) is 10.6. The van der Waals surface area contributed by atoms with Crippen LogP contribution in [0.5, 0.6) is 11.5 Å². The first kappa shape index (κ1) is 21.0. The van der Waals surface area contributed by atoms with Crippen LogP contribution in [-0.2, 0) is 0 Å². The normalized spacial score (nSPS) is 11.4. The maximum atomic E-state index is 13.3. The lowest BCUT2D eigenvalue weighted by Gasteiger charge is -2.06. The number of phenolic OH excluding ortho intramolecular Hbond substituents is 2. The van der Waals surface area contributed by atoms with Gasteiger partial charge in [-0.2, -0.15) is 9.78 Å². The molecule has 1 amide bonds. The lowest BCUT2D eigenvalue weighted by Crippen LogP contribution is -2.14. The van der Waals surface area contributed by atoms with E-state index in [4.69, 9.17) is 5.73 Å². The highest BCUT2D eigenvalue weighted by Crippen LogP contribution is 2.29. The first-order valence-corrected chi connectivity index (χ1v) is 10.4. The number of phenols is 2. The van der Waals surface area contributed by atoms with E-state index in [9.17, 15) is 15.0 Å². The Kier molecular flexibility index (Phi) is 5.06. The molecular weight excluding hydrogens is 432 g/mol. The number of nitrogens with one attached hydrogen (secondary N) is 1. The molecule has 0 saturated heterocycles. The zero-order chi connectivity index (χ0) is 23.8. The van der Waals surface area contributed by atoms with E-state index in [-0.39, 0.29) is 22.9 Å². The lowest BCUT2D eigenvalue weighted by molar-refractivity contribution is 0.102. The van der Waals surface area contributed by atoms with Crippen LogP contribution in [0.4, 0.5) is 11.5 Å². The van der Waals surface area contributed by atoms with Crippen molar-refractivity contribution in [2.45, 2.75) is 6.92 Å². The second-order valence-corrected chi connectivity index (χ2v) is 7.77. The molecule has 0 fully saturated rings. The highest BCUT2D eigenvalue weighted by Gasteiger charge is 2.24. The number of hydrogen-bond donors (Lipinski definition) is 4. The van der Waals surface area contributed by atoms with Gasteiger partial charge in [-0.25, -0.2) is 9.97 Å². The maximum Gasteiger partial charge on any atom is 0.261 e. The zero-order valence-corrected chi connectivity index (χ0v) is 18.1. The van der Waals surface area contributed by atoms with Crippen molar-refractivity contribution >= 4 is 45.8 Å². The van der Waals surface area contributed by atoms with Crippen molar-refractivity contribution in [3.8, 4) is 11.5 Å². The highest BCUT2D eigenvalue weighted by atomic mass is 16.3. The second kappa shape index (κ2) is 8.21. The Morgan fingerprint density at radius 1 is 1.00 bits per heavy atom. The van der Waals surface area contributed by atoms with Gasteiger partial charge in [-0.3, -0.25) is 4.79 Å². The summed E-state index contributed by atoms with van der Waals surface area (Å²) in [6.07, 6.45) is 1.44. The third-order valence-corrected chi connectivity index (χ3v) is 5.33. The summed E-state index contributed by atoms with van der Waals surface area (Å²) in [7, 11) is 0. The minimum absolute atomic E-state index is 0.0640. The summed E-state index contributed by atoms with van der Waals surface area (Å²) in [6, 6.07) is 19.0. The monoisotopic (exact) mass is 452 g/mol. The van der Waals surface area contributed by atoms with Crippen LogP contribution in [0.3, 0.4) is 0 Å². The van der Waals surface area contributed by atoms with E-state index in [0.29, 0.717) is 33.4 Å². The third-order valence-electron chi connectivity index (χ3n) is 5.33.